The van der Waals surface area contributed by atoms with Gasteiger partial charge in [-0.25, -0.2) is 0 Å². The first-order valence-electron chi connectivity index (χ1n) is 3.86. The Morgan fingerprint density at radius 2 is 2.50 bits per heavy atom. The first-order chi connectivity index (χ1) is 5.83. The topological polar surface area (TPSA) is 48.7 Å². The van der Waals surface area contributed by atoms with Crippen LogP contribution in [0.5, 0.6) is 0 Å². The Labute approximate surface area is 72.1 Å². The number of hydrogen-bond acceptors (Lipinski definition) is 3. The van der Waals surface area contributed by atoms with Crippen LogP contribution in [0.25, 0.3) is 0 Å². The average Bonchev–Trinajstić information content (AvgIpc) is 2.05. The number of pyridine rings is 1. The van der Waals surface area contributed by atoms with Crippen molar-refractivity contribution >= 4 is 5.69 Å². The molecule has 0 aliphatic heterocycles. The second kappa shape index (κ2) is 4.35. The fourth-order valence-electron chi connectivity index (χ4n) is 0.918. The lowest BCUT2D eigenvalue weighted by Crippen LogP contribution is -2.00. The second-order valence-corrected chi connectivity index (χ2v) is 2.52. The van der Waals surface area contributed by atoms with Gasteiger partial charge >= 0.3 is 0 Å². The van der Waals surface area contributed by atoms with E-state index in [4.69, 9.17) is 5.26 Å². The first kappa shape index (κ1) is 8.54. The summed E-state index contributed by atoms with van der Waals surface area (Å²) >= 11 is 0. The molecule has 0 saturated carbocycles. The molecule has 3 nitrogen and oxygen atoms in total. The highest BCUT2D eigenvalue weighted by Gasteiger charge is 1.90. The van der Waals surface area contributed by atoms with Crippen molar-refractivity contribution in [3.05, 3.63) is 24.0 Å². The van der Waals surface area contributed by atoms with Crippen molar-refractivity contribution < 1.29 is 0 Å². The van der Waals surface area contributed by atoms with Crippen molar-refractivity contribution in [2.24, 2.45) is 0 Å². The molecular formula is C9H11N3. The standard InChI is InChI=1S/C9H11N3/c1-8-7-9(3-6-11-8)12-5-2-4-10/h3,6-7H,2,5H2,1H3,(H,11,12). The van der Waals surface area contributed by atoms with Crippen molar-refractivity contribution in [2.45, 2.75) is 13.3 Å². The van der Waals surface area contributed by atoms with Crippen molar-refractivity contribution in [1.82, 2.24) is 4.98 Å². The predicted molar refractivity (Wildman–Crippen MR) is 47.7 cm³/mol. The van der Waals surface area contributed by atoms with Gasteiger partial charge in [0.15, 0.2) is 0 Å². The lowest BCUT2D eigenvalue weighted by molar-refractivity contribution is 1.07. The molecule has 3 heteroatoms. The summed E-state index contributed by atoms with van der Waals surface area (Å²) in [7, 11) is 0. The summed E-state index contributed by atoms with van der Waals surface area (Å²) in [6, 6.07) is 5.92. The Kier molecular flexibility index (Phi) is 3.09. The number of hydrogen-bond donors (Lipinski definition) is 1. The third-order valence-electron chi connectivity index (χ3n) is 1.46. The zero-order valence-electron chi connectivity index (χ0n) is 7.04. The summed E-state index contributed by atoms with van der Waals surface area (Å²) in [5.41, 5.74) is 2.01. The maximum Gasteiger partial charge on any atom is 0.0640 e. The van der Waals surface area contributed by atoms with E-state index in [-0.39, 0.29) is 0 Å². The molecule has 0 bridgehead atoms. The molecule has 1 heterocycles. The van der Waals surface area contributed by atoms with Gasteiger partial charge in [0.25, 0.3) is 0 Å². The minimum Gasteiger partial charge on any atom is -0.384 e. The number of aryl methyl sites for hydroxylation is 1. The van der Waals surface area contributed by atoms with Crippen molar-refractivity contribution in [3.8, 4) is 6.07 Å². The highest BCUT2D eigenvalue weighted by atomic mass is 14.9. The Hall–Kier alpha value is -1.56. The first-order valence-corrected chi connectivity index (χ1v) is 3.86. The third-order valence-corrected chi connectivity index (χ3v) is 1.46. The Bertz CT molecular complexity index is 288. The normalized spacial score (nSPS) is 9.00. The minimum atomic E-state index is 0.529. The van der Waals surface area contributed by atoms with Crippen molar-refractivity contribution in [3.63, 3.8) is 0 Å². The molecule has 0 spiro atoms. The molecule has 1 N–H and O–H groups in total. The Morgan fingerprint density at radius 3 is 3.17 bits per heavy atom. The van der Waals surface area contributed by atoms with Gasteiger partial charge in [-0.15, -0.1) is 0 Å². The molecule has 0 fully saturated rings. The predicted octanol–water partition coefficient (Wildman–Crippen LogP) is 1.72. The van der Waals surface area contributed by atoms with Gasteiger partial charge < -0.3 is 5.32 Å². The van der Waals surface area contributed by atoms with E-state index in [1.54, 1.807) is 6.20 Å². The molecule has 1 aromatic heterocycles. The zero-order chi connectivity index (χ0) is 8.81. The summed E-state index contributed by atoms with van der Waals surface area (Å²) in [4.78, 5) is 4.06. The summed E-state index contributed by atoms with van der Waals surface area (Å²) in [6.45, 7) is 2.63. The van der Waals surface area contributed by atoms with Crippen molar-refractivity contribution in [2.75, 3.05) is 11.9 Å². The van der Waals surface area contributed by atoms with E-state index >= 15 is 0 Å². The van der Waals surface area contributed by atoms with E-state index in [0.717, 1.165) is 11.4 Å². The Balaban J connectivity index is 2.48. The van der Waals surface area contributed by atoms with Crippen LogP contribution in [0.15, 0.2) is 18.3 Å². The van der Waals surface area contributed by atoms with Gasteiger partial charge in [0.05, 0.1) is 12.5 Å². The van der Waals surface area contributed by atoms with E-state index < -0.39 is 0 Å². The molecule has 0 atom stereocenters. The van der Waals surface area contributed by atoms with E-state index in [1.807, 2.05) is 19.1 Å². The minimum absolute atomic E-state index is 0.529. The van der Waals surface area contributed by atoms with Gasteiger partial charge in [0.1, 0.15) is 0 Å². The third kappa shape index (κ3) is 2.59. The van der Waals surface area contributed by atoms with Crippen LogP contribution < -0.4 is 5.32 Å². The Morgan fingerprint density at radius 1 is 1.67 bits per heavy atom. The second-order valence-electron chi connectivity index (χ2n) is 2.52. The summed E-state index contributed by atoms with van der Waals surface area (Å²) < 4.78 is 0. The van der Waals surface area contributed by atoms with Gasteiger partial charge in [0, 0.05) is 24.1 Å². The molecule has 0 aromatic carbocycles. The van der Waals surface area contributed by atoms with Crippen LogP contribution in [0.4, 0.5) is 5.69 Å². The fraction of sp³-hybridized carbons (Fsp3) is 0.333. The molecule has 62 valence electrons. The molecule has 12 heavy (non-hydrogen) atoms. The van der Waals surface area contributed by atoms with Crippen LogP contribution >= 0.6 is 0 Å². The lowest BCUT2D eigenvalue weighted by Gasteiger charge is -2.02. The number of nitrogens with zero attached hydrogens (tertiary/aromatic N) is 2. The average molecular weight is 161 g/mol. The SMILES string of the molecule is Cc1cc(NCCC#N)ccn1. The van der Waals surface area contributed by atoms with Crippen LogP contribution in [0.1, 0.15) is 12.1 Å². The molecule has 0 unspecified atom stereocenters. The van der Waals surface area contributed by atoms with E-state index in [2.05, 4.69) is 16.4 Å². The number of aromatic nitrogens is 1. The molecule has 0 aliphatic carbocycles. The highest BCUT2D eigenvalue weighted by Crippen LogP contribution is 2.06. The van der Waals surface area contributed by atoms with Crippen LogP contribution in [0.2, 0.25) is 0 Å². The number of anilines is 1. The van der Waals surface area contributed by atoms with Crippen LogP contribution in [-0.2, 0) is 0 Å². The summed E-state index contributed by atoms with van der Waals surface area (Å²) in [5.74, 6) is 0. The maximum atomic E-state index is 8.30. The highest BCUT2D eigenvalue weighted by molar-refractivity contribution is 5.42. The molecular weight excluding hydrogens is 150 g/mol. The quantitative estimate of drug-likeness (QED) is 0.686. The zero-order valence-corrected chi connectivity index (χ0v) is 7.04. The maximum absolute atomic E-state index is 8.30. The van der Waals surface area contributed by atoms with Gasteiger partial charge in [-0.3, -0.25) is 4.98 Å². The fourth-order valence-corrected chi connectivity index (χ4v) is 0.918. The van der Waals surface area contributed by atoms with E-state index in [9.17, 15) is 0 Å². The molecule has 0 saturated heterocycles. The van der Waals surface area contributed by atoms with Crippen LogP contribution in [0, 0.1) is 18.3 Å². The molecule has 0 radical (unpaired) electrons. The van der Waals surface area contributed by atoms with Gasteiger partial charge in [-0.2, -0.15) is 5.26 Å². The van der Waals surface area contributed by atoms with Crippen molar-refractivity contribution in [1.29, 1.82) is 5.26 Å². The smallest absolute Gasteiger partial charge is 0.0640 e. The largest absolute Gasteiger partial charge is 0.384 e. The van der Waals surface area contributed by atoms with E-state index in [1.165, 1.54) is 0 Å². The van der Waals surface area contributed by atoms with E-state index in [0.29, 0.717) is 13.0 Å². The van der Waals surface area contributed by atoms with Crippen LogP contribution in [-0.4, -0.2) is 11.5 Å². The number of nitriles is 1. The summed E-state index contributed by atoms with van der Waals surface area (Å²) in [6.07, 6.45) is 2.28. The van der Waals surface area contributed by atoms with Gasteiger partial charge in [0.2, 0.25) is 0 Å². The number of rotatable bonds is 3. The van der Waals surface area contributed by atoms with Gasteiger partial charge in [-0.05, 0) is 19.1 Å². The van der Waals surface area contributed by atoms with Gasteiger partial charge in [-0.1, -0.05) is 0 Å². The molecule has 0 amide bonds. The lowest BCUT2D eigenvalue weighted by atomic mass is 10.3. The molecule has 1 rings (SSSR count). The molecule has 1 aromatic rings. The number of nitrogens with one attached hydrogen (secondary N) is 1. The summed E-state index contributed by atoms with van der Waals surface area (Å²) in [5, 5.41) is 11.4. The monoisotopic (exact) mass is 161 g/mol. The molecule has 0 aliphatic rings. The van der Waals surface area contributed by atoms with Crippen LogP contribution in [0.3, 0.4) is 0 Å².